The molecule has 1 aromatic rings. The van der Waals surface area contributed by atoms with Gasteiger partial charge < -0.3 is 10.4 Å². The molecule has 1 aliphatic rings. The third-order valence-electron chi connectivity index (χ3n) is 3.61. The Hall–Kier alpha value is -1.49. The molecule has 1 saturated carbocycles. The van der Waals surface area contributed by atoms with Crippen molar-refractivity contribution in [3.8, 4) is 0 Å². The number of carboxylic acids is 1. The minimum atomic E-state index is -0.762. The highest BCUT2D eigenvalue weighted by atomic mass is 32.2. The van der Waals surface area contributed by atoms with Crippen LogP contribution in [0.15, 0.2) is 29.2 Å². The lowest BCUT2D eigenvalue weighted by Crippen LogP contribution is -2.33. The standard InChI is InChI=1S/C16H21NO3S/c1-10(2)21-14-7-4-11(5-8-14)15(18)17-13-6-3-12(9-13)16(19)20/h4-5,7-8,10,12-13H,3,6,9H2,1-2H3,(H,17,18)(H,19,20)/t12-,13+/m0/s1. The Morgan fingerprint density at radius 1 is 1.24 bits per heavy atom. The number of rotatable bonds is 5. The van der Waals surface area contributed by atoms with Gasteiger partial charge in [0.25, 0.3) is 5.91 Å². The van der Waals surface area contributed by atoms with Gasteiger partial charge in [-0.05, 0) is 43.5 Å². The molecule has 0 bridgehead atoms. The van der Waals surface area contributed by atoms with Crippen LogP contribution in [0.5, 0.6) is 0 Å². The monoisotopic (exact) mass is 307 g/mol. The summed E-state index contributed by atoms with van der Waals surface area (Å²) in [5.41, 5.74) is 0.627. The zero-order valence-electron chi connectivity index (χ0n) is 12.3. The summed E-state index contributed by atoms with van der Waals surface area (Å²) in [5, 5.41) is 12.4. The summed E-state index contributed by atoms with van der Waals surface area (Å²) >= 11 is 1.76. The fraction of sp³-hybridized carbons (Fsp3) is 0.500. The van der Waals surface area contributed by atoms with Gasteiger partial charge in [-0.25, -0.2) is 0 Å². The third-order valence-corrected chi connectivity index (χ3v) is 4.62. The predicted octanol–water partition coefficient (Wildman–Crippen LogP) is 3.17. The summed E-state index contributed by atoms with van der Waals surface area (Å²) in [6.45, 7) is 4.26. The number of carbonyl (C=O) groups excluding carboxylic acids is 1. The molecule has 2 N–H and O–H groups in total. The van der Waals surface area contributed by atoms with Crippen molar-refractivity contribution >= 4 is 23.6 Å². The Bertz CT molecular complexity index is 513. The topological polar surface area (TPSA) is 66.4 Å². The molecule has 1 amide bonds. The molecule has 1 fully saturated rings. The van der Waals surface area contributed by atoms with E-state index in [0.717, 1.165) is 11.3 Å². The molecule has 1 aliphatic carbocycles. The molecule has 0 heterocycles. The lowest BCUT2D eigenvalue weighted by molar-refractivity contribution is -0.141. The molecule has 0 aliphatic heterocycles. The Balaban J connectivity index is 1.90. The van der Waals surface area contributed by atoms with Gasteiger partial charge in [0, 0.05) is 21.8 Å². The van der Waals surface area contributed by atoms with Crippen LogP contribution >= 0.6 is 11.8 Å². The smallest absolute Gasteiger partial charge is 0.306 e. The van der Waals surface area contributed by atoms with Gasteiger partial charge >= 0.3 is 5.97 Å². The second kappa shape index (κ2) is 6.98. The van der Waals surface area contributed by atoms with Crippen LogP contribution in [-0.4, -0.2) is 28.3 Å². The highest BCUT2D eigenvalue weighted by Gasteiger charge is 2.30. The third kappa shape index (κ3) is 4.49. The summed E-state index contributed by atoms with van der Waals surface area (Å²) in [6, 6.07) is 7.53. The van der Waals surface area contributed by atoms with Crippen LogP contribution in [0.4, 0.5) is 0 Å². The maximum Gasteiger partial charge on any atom is 0.306 e. The number of hydrogen-bond donors (Lipinski definition) is 2. The molecule has 0 unspecified atom stereocenters. The summed E-state index contributed by atoms with van der Waals surface area (Å²) < 4.78 is 0. The van der Waals surface area contributed by atoms with Crippen molar-refractivity contribution in [2.45, 2.75) is 49.3 Å². The average molecular weight is 307 g/mol. The highest BCUT2D eigenvalue weighted by molar-refractivity contribution is 7.99. The first-order valence-electron chi connectivity index (χ1n) is 7.26. The molecule has 5 heteroatoms. The van der Waals surface area contributed by atoms with Crippen LogP contribution in [-0.2, 0) is 4.79 Å². The van der Waals surface area contributed by atoms with E-state index in [4.69, 9.17) is 5.11 Å². The minimum absolute atomic E-state index is 0.0247. The van der Waals surface area contributed by atoms with Gasteiger partial charge in [0.1, 0.15) is 0 Å². The normalized spacial score (nSPS) is 21.5. The van der Waals surface area contributed by atoms with Crippen LogP contribution < -0.4 is 5.32 Å². The van der Waals surface area contributed by atoms with Gasteiger partial charge in [0.05, 0.1) is 5.92 Å². The molecule has 21 heavy (non-hydrogen) atoms. The molecule has 2 atom stereocenters. The van der Waals surface area contributed by atoms with Crippen LogP contribution in [0.25, 0.3) is 0 Å². The number of amides is 1. The predicted molar refractivity (Wildman–Crippen MR) is 83.7 cm³/mol. The molecular formula is C16H21NO3S. The van der Waals surface area contributed by atoms with Crippen LogP contribution in [0.2, 0.25) is 0 Å². The second-order valence-corrected chi connectivity index (χ2v) is 7.36. The number of aliphatic carboxylic acids is 1. The zero-order chi connectivity index (χ0) is 15.4. The zero-order valence-corrected chi connectivity index (χ0v) is 13.2. The number of nitrogens with one attached hydrogen (secondary N) is 1. The van der Waals surface area contributed by atoms with E-state index in [9.17, 15) is 9.59 Å². The molecule has 0 aromatic heterocycles. The van der Waals surface area contributed by atoms with Gasteiger partial charge in [0.15, 0.2) is 0 Å². The molecule has 0 saturated heterocycles. The van der Waals surface area contributed by atoms with Gasteiger partial charge in [-0.3, -0.25) is 9.59 Å². The Morgan fingerprint density at radius 2 is 1.90 bits per heavy atom. The van der Waals surface area contributed by atoms with E-state index in [2.05, 4.69) is 19.2 Å². The van der Waals surface area contributed by atoms with E-state index in [1.54, 1.807) is 11.8 Å². The largest absolute Gasteiger partial charge is 0.481 e. The summed E-state index contributed by atoms with van der Waals surface area (Å²) in [7, 11) is 0. The number of hydrogen-bond acceptors (Lipinski definition) is 3. The Kier molecular flexibility index (Phi) is 5.28. The first-order valence-corrected chi connectivity index (χ1v) is 8.14. The van der Waals surface area contributed by atoms with E-state index < -0.39 is 5.97 Å². The van der Waals surface area contributed by atoms with E-state index in [1.165, 1.54) is 0 Å². The first-order chi connectivity index (χ1) is 9.95. The number of thioether (sulfide) groups is 1. The van der Waals surface area contributed by atoms with E-state index in [1.807, 2.05) is 24.3 Å². The van der Waals surface area contributed by atoms with Gasteiger partial charge in [-0.2, -0.15) is 0 Å². The number of benzene rings is 1. The fourth-order valence-corrected chi connectivity index (χ4v) is 3.40. The highest BCUT2D eigenvalue weighted by Crippen LogP contribution is 2.26. The van der Waals surface area contributed by atoms with Crippen molar-refractivity contribution in [2.24, 2.45) is 5.92 Å². The maximum atomic E-state index is 12.1. The summed E-state index contributed by atoms with van der Waals surface area (Å²) in [4.78, 5) is 24.2. The number of carbonyl (C=O) groups is 2. The van der Waals surface area contributed by atoms with E-state index >= 15 is 0 Å². The summed E-state index contributed by atoms with van der Waals surface area (Å²) in [6.07, 6.45) is 1.91. The SMILES string of the molecule is CC(C)Sc1ccc(C(=O)N[C@@H]2CC[C@H](C(=O)O)C2)cc1. The Labute approximate surface area is 129 Å². The molecule has 2 rings (SSSR count). The van der Waals surface area contributed by atoms with Crippen LogP contribution in [0.3, 0.4) is 0 Å². The van der Waals surface area contributed by atoms with E-state index in [0.29, 0.717) is 23.7 Å². The molecule has 0 radical (unpaired) electrons. The summed E-state index contributed by atoms with van der Waals surface area (Å²) in [5.74, 6) is -1.20. The molecule has 114 valence electrons. The van der Waals surface area contributed by atoms with Gasteiger partial charge in [0.2, 0.25) is 0 Å². The average Bonchev–Trinajstić information content (AvgIpc) is 2.87. The first kappa shape index (κ1) is 15.9. The van der Waals surface area contributed by atoms with Gasteiger partial charge in [-0.1, -0.05) is 13.8 Å². The maximum absolute atomic E-state index is 12.1. The van der Waals surface area contributed by atoms with Crippen molar-refractivity contribution in [3.63, 3.8) is 0 Å². The van der Waals surface area contributed by atoms with Crippen molar-refractivity contribution in [1.82, 2.24) is 5.32 Å². The van der Waals surface area contributed by atoms with Crippen molar-refractivity contribution in [3.05, 3.63) is 29.8 Å². The molecule has 0 spiro atoms. The fourth-order valence-electron chi connectivity index (χ4n) is 2.56. The van der Waals surface area contributed by atoms with Crippen molar-refractivity contribution < 1.29 is 14.7 Å². The quantitative estimate of drug-likeness (QED) is 0.820. The second-order valence-electron chi connectivity index (χ2n) is 5.71. The lowest BCUT2D eigenvalue weighted by atomic mass is 10.1. The lowest BCUT2D eigenvalue weighted by Gasteiger charge is -2.13. The van der Waals surface area contributed by atoms with Gasteiger partial charge in [-0.15, -0.1) is 11.8 Å². The molecule has 1 aromatic carbocycles. The number of carboxylic acid groups (broad SMARTS) is 1. The van der Waals surface area contributed by atoms with Crippen molar-refractivity contribution in [1.29, 1.82) is 0 Å². The molecule has 4 nitrogen and oxygen atoms in total. The molecular weight excluding hydrogens is 286 g/mol. The van der Waals surface area contributed by atoms with Crippen molar-refractivity contribution in [2.75, 3.05) is 0 Å². The Morgan fingerprint density at radius 3 is 2.43 bits per heavy atom. The minimum Gasteiger partial charge on any atom is -0.481 e. The van der Waals surface area contributed by atoms with Crippen LogP contribution in [0, 0.1) is 5.92 Å². The van der Waals surface area contributed by atoms with Crippen LogP contribution in [0.1, 0.15) is 43.5 Å². The van der Waals surface area contributed by atoms with E-state index in [-0.39, 0.29) is 17.9 Å².